The van der Waals surface area contributed by atoms with E-state index in [9.17, 15) is 13.2 Å². The van der Waals surface area contributed by atoms with Gasteiger partial charge in [-0.05, 0) is 43.7 Å². The molecule has 0 saturated heterocycles. The molecule has 172 valence electrons. The molecule has 2 aromatic rings. The first kappa shape index (κ1) is 22.8. The molecule has 1 aromatic carbocycles. The van der Waals surface area contributed by atoms with Gasteiger partial charge in [0, 0.05) is 23.7 Å². The molecule has 2 aliphatic rings. The van der Waals surface area contributed by atoms with Crippen LogP contribution in [-0.4, -0.2) is 60.4 Å². The van der Waals surface area contributed by atoms with E-state index in [1.165, 1.54) is 0 Å². The minimum Gasteiger partial charge on any atom is -0.497 e. The van der Waals surface area contributed by atoms with Crippen molar-refractivity contribution in [3.8, 4) is 17.2 Å². The molecule has 0 atom stereocenters. The number of nitrogens with one attached hydrogen (secondary N) is 1. The minimum absolute atomic E-state index is 0.0320. The molecule has 0 fully saturated rings. The Kier molecular flexibility index (Phi) is 5.66. The maximum Gasteiger partial charge on any atom is 0.283 e. The average Bonchev–Trinajstić information content (AvgIpc) is 3.31. The predicted octanol–water partition coefficient (Wildman–Crippen LogP) is 2.73. The molecular weight excluding hydrogens is 466 g/mol. The fourth-order valence-corrected chi connectivity index (χ4v) is 5.51. The van der Waals surface area contributed by atoms with Gasteiger partial charge in [-0.3, -0.25) is 10.2 Å². The molecule has 0 aliphatic carbocycles. The first-order chi connectivity index (χ1) is 15.6. The summed E-state index contributed by atoms with van der Waals surface area (Å²) in [5.41, 5.74) is 3.04. The third kappa shape index (κ3) is 3.85. The molecule has 10 nitrogen and oxygen atoms in total. The van der Waals surface area contributed by atoms with E-state index < -0.39 is 15.7 Å². The predicted molar refractivity (Wildman–Crippen MR) is 128 cm³/mol. The zero-order chi connectivity index (χ0) is 24.1. The van der Waals surface area contributed by atoms with Crippen molar-refractivity contribution in [3.63, 3.8) is 0 Å². The summed E-state index contributed by atoms with van der Waals surface area (Å²) >= 11 is 0.758. The van der Waals surface area contributed by atoms with Gasteiger partial charge in [-0.1, -0.05) is 0 Å². The maximum atomic E-state index is 12.7. The van der Waals surface area contributed by atoms with Crippen LogP contribution in [0.5, 0.6) is 11.5 Å². The number of aromatic nitrogens is 1. The largest absolute Gasteiger partial charge is 0.497 e. The number of benzene rings is 1. The lowest BCUT2D eigenvalue weighted by atomic mass is 10.1. The highest BCUT2D eigenvalue weighted by Crippen LogP contribution is 2.33. The van der Waals surface area contributed by atoms with E-state index in [0.717, 1.165) is 40.2 Å². The molecule has 0 spiro atoms. The van der Waals surface area contributed by atoms with Crippen LogP contribution in [0.25, 0.3) is 11.8 Å². The number of methoxy groups -OCH3 is 2. The standard InChI is InChI=1S/C21H21N5O5S2/c1-11-8-13(12(2)25(11)16-10-14(30-3)6-7-17(16)31-4)9-15-18(22)26-20(23-19(15)27)32-24-21(26)33(5,28)29/h6-10,22H,1-5H3/b15-9-,22-18?. The fraction of sp³-hybridized carbons (Fsp3) is 0.238. The Morgan fingerprint density at radius 1 is 1.15 bits per heavy atom. The molecule has 12 heteroatoms. The minimum atomic E-state index is -3.72. The van der Waals surface area contributed by atoms with E-state index in [4.69, 9.17) is 14.9 Å². The molecule has 1 N–H and O–H groups in total. The average molecular weight is 488 g/mol. The SMILES string of the molecule is COc1ccc(OC)c(-n2c(C)cc(/C=C3/C(=N)N4C(=NC3=O)SN=C4S(C)(=O)=O)c2C)c1. The Morgan fingerprint density at radius 3 is 2.52 bits per heavy atom. The number of rotatable bonds is 4. The second-order valence-electron chi connectivity index (χ2n) is 7.38. The van der Waals surface area contributed by atoms with Crippen molar-refractivity contribution in [2.45, 2.75) is 13.8 Å². The number of aryl methyl sites for hydroxylation is 1. The van der Waals surface area contributed by atoms with E-state index in [0.29, 0.717) is 17.1 Å². The van der Waals surface area contributed by atoms with Crippen LogP contribution in [0.15, 0.2) is 39.2 Å². The van der Waals surface area contributed by atoms with Crippen molar-refractivity contribution in [1.82, 2.24) is 9.47 Å². The Balaban J connectivity index is 1.82. The molecule has 0 radical (unpaired) electrons. The summed E-state index contributed by atoms with van der Waals surface area (Å²) < 4.78 is 40.9. The Labute approximate surface area is 195 Å². The molecule has 0 bridgehead atoms. The third-order valence-electron chi connectivity index (χ3n) is 5.22. The number of hydrogen-bond acceptors (Lipinski definition) is 8. The molecule has 4 rings (SSSR count). The first-order valence-corrected chi connectivity index (χ1v) is 12.3. The number of fused-ring (bicyclic) bond motifs is 1. The summed E-state index contributed by atoms with van der Waals surface area (Å²) in [5.74, 6) is 0.370. The summed E-state index contributed by atoms with van der Waals surface area (Å²) in [5, 5.41) is 8.26. The molecule has 2 aliphatic heterocycles. The first-order valence-electron chi connectivity index (χ1n) is 9.67. The molecule has 1 amide bonds. The molecule has 33 heavy (non-hydrogen) atoms. The summed E-state index contributed by atoms with van der Waals surface area (Å²) in [4.78, 5) is 17.7. The van der Waals surface area contributed by atoms with Gasteiger partial charge >= 0.3 is 0 Å². The smallest absolute Gasteiger partial charge is 0.283 e. The summed E-state index contributed by atoms with van der Waals surface area (Å²) in [7, 11) is -0.557. The monoisotopic (exact) mass is 487 g/mol. The molecule has 3 heterocycles. The summed E-state index contributed by atoms with van der Waals surface area (Å²) in [6, 6.07) is 7.31. The number of nitrogens with zero attached hydrogens (tertiary/aromatic N) is 4. The number of amides is 1. The van der Waals surface area contributed by atoms with Crippen molar-refractivity contribution < 1.29 is 22.7 Å². The topological polar surface area (TPSA) is 126 Å². The lowest BCUT2D eigenvalue weighted by Crippen LogP contribution is -2.45. The van der Waals surface area contributed by atoms with Gasteiger partial charge in [-0.15, -0.1) is 0 Å². The highest BCUT2D eigenvalue weighted by molar-refractivity contribution is 8.16. The lowest BCUT2D eigenvalue weighted by Gasteiger charge is -2.23. The molecule has 0 unspecified atom stereocenters. The van der Waals surface area contributed by atoms with Gasteiger partial charge in [0.25, 0.3) is 5.91 Å². The second kappa shape index (κ2) is 8.19. The van der Waals surface area contributed by atoms with Crippen LogP contribution < -0.4 is 9.47 Å². The van der Waals surface area contributed by atoms with Gasteiger partial charge in [0.05, 0.1) is 37.4 Å². The van der Waals surface area contributed by atoms with Gasteiger partial charge < -0.3 is 14.0 Å². The lowest BCUT2D eigenvalue weighted by molar-refractivity contribution is -0.114. The van der Waals surface area contributed by atoms with Crippen LogP contribution in [0.1, 0.15) is 17.0 Å². The van der Waals surface area contributed by atoms with E-state index in [1.807, 2.05) is 30.5 Å². The van der Waals surface area contributed by atoms with E-state index >= 15 is 0 Å². The number of ether oxygens (including phenoxy) is 2. The Morgan fingerprint density at radius 2 is 1.88 bits per heavy atom. The van der Waals surface area contributed by atoms with E-state index in [1.54, 1.807) is 32.4 Å². The van der Waals surface area contributed by atoms with Crippen molar-refractivity contribution in [3.05, 3.63) is 46.8 Å². The highest BCUT2D eigenvalue weighted by Gasteiger charge is 2.41. The number of hydrogen-bond donors (Lipinski definition) is 1. The second-order valence-corrected chi connectivity index (χ2v) is 10.0. The van der Waals surface area contributed by atoms with Crippen molar-refractivity contribution >= 4 is 49.9 Å². The van der Waals surface area contributed by atoms with Crippen molar-refractivity contribution in [2.24, 2.45) is 9.39 Å². The van der Waals surface area contributed by atoms with Crippen LogP contribution in [0.2, 0.25) is 0 Å². The molecule has 1 aromatic heterocycles. The normalized spacial score (nSPS) is 17.2. The van der Waals surface area contributed by atoms with E-state index in [-0.39, 0.29) is 21.7 Å². The number of sulfone groups is 1. The van der Waals surface area contributed by atoms with Crippen molar-refractivity contribution in [1.29, 1.82) is 5.41 Å². The van der Waals surface area contributed by atoms with Crippen LogP contribution in [0, 0.1) is 19.3 Å². The van der Waals surface area contributed by atoms with Gasteiger partial charge in [0.2, 0.25) is 20.2 Å². The maximum absolute atomic E-state index is 12.7. The van der Waals surface area contributed by atoms with Crippen LogP contribution in [0.4, 0.5) is 0 Å². The number of amidine groups is 3. The van der Waals surface area contributed by atoms with Crippen LogP contribution >= 0.6 is 11.9 Å². The Bertz CT molecular complexity index is 1400. The highest BCUT2D eigenvalue weighted by atomic mass is 32.2. The van der Waals surface area contributed by atoms with Crippen molar-refractivity contribution in [2.75, 3.05) is 20.5 Å². The van der Waals surface area contributed by atoms with Gasteiger partial charge in [-0.2, -0.15) is 9.39 Å². The van der Waals surface area contributed by atoms with Crippen LogP contribution in [0.3, 0.4) is 0 Å². The number of carbonyl (C=O) groups excluding carboxylic acids is 1. The third-order valence-corrected chi connectivity index (χ3v) is 6.98. The zero-order valence-corrected chi connectivity index (χ0v) is 20.2. The van der Waals surface area contributed by atoms with E-state index in [2.05, 4.69) is 9.39 Å². The fourth-order valence-electron chi connectivity index (χ4n) is 3.67. The van der Waals surface area contributed by atoms with Crippen LogP contribution in [-0.2, 0) is 14.6 Å². The van der Waals surface area contributed by atoms with Gasteiger partial charge in [-0.25, -0.2) is 13.3 Å². The van der Waals surface area contributed by atoms with Gasteiger partial charge in [0.15, 0.2) is 0 Å². The Hall–Kier alpha value is -3.38. The number of carbonyl (C=O) groups is 1. The number of aliphatic imine (C=N–C) groups is 1. The summed E-state index contributed by atoms with van der Waals surface area (Å²) in [6.45, 7) is 3.78. The molecular formula is C21H21N5O5S2. The zero-order valence-electron chi connectivity index (χ0n) is 18.5. The molecule has 0 saturated carbocycles. The quantitative estimate of drug-likeness (QED) is 0.519. The van der Waals surface area contributed by atoms with Gasteiger partial charge in [0.1, 0.15) is 17.3 Å². The summed E-state index contributed by atoms with van der Waals surface area (Å²) in [6.07, 6.45) is 2.54.